The van der Waals surface area contributed by atoms with E-state index in [1.165, 1.54) is 27.6 Å². The Labute approximate surface area is 119 Å². The lowest BCUT2D eigenvalue weighted by Gasteiger charge is -2.09. The lowest BCUT2D eigenvalue weighted by atomic mass is 10.1. The van der Waals surface area contributed by atoms with Crippen molar-refractivity contribution in [1.29, 1.82) is 0 Å². The minimum atomic E-state index is 0.579. The summed E-state index contributed by atoms with van der Waals surface area (Å²) in [4.78, 5) is 0. The van der Waals surface area contributed by atoms with Gasteiger partial charge in [-0.25, -0.2) is 0 Å². The van der Waals surface area contributed by atoms with Gasteiger partial charge < -0.3 is 10.3 Å². The number of rotatable bonds is 4. The van der Waals surface area contributed by atoms with Gasteiger partial charge in [-0.05, 0) is 34.6 Å². The van der Waals surface area contributed by atoms with E-state index in [1.807, 2.05) is 0 Å². The van der Waals surface area contributed by atoms with Crippen LogP contribution in [-0.4, -0.2) is 4.57 Å². The summed E-state index contributed by atoms with van der Waals surface area (Å²) in [5, 5.41) is 1.26. The summed E-state index contributed by atoms with van der Waals surface area (Å²) in [7, 11) is 0. The molecule has 0 bridgehead atoms. The topological polar surface area (TPSA) is 30.9 Å². The fourth-order valence-corrected chi connectivity index (χ4v) is 2.71. The van der Waals surface area contributed by atoms with Crippen LogP contribution in [-0.2, 0) is 19.5 Å². The summed E-state index contributed by atoms with van der Waals surface area (Å²) in [5.74, 6) is 0. The van der Waals surface area contributed by atoms with Gasteiger partial charge in [0.25, 0.3) is 0 Å². The number of fused-ring (bicyclic) bond motifs is 1. The number of aryl methyl sites for hydroxylation is 1. The van der Waals surface area contributed by atoms with Crippen LogP contribution in [0.1, 0.15) is 23.6 Å². The van der Waals surface area contributed by atoms with E-state index in [-0.39, 0.29) is 0 Å². The molecule has 102 valence electrons. The highest BCUT2D eigenvalue weighted by Gasteiger charge is 2.06. The predicted molar refractivity (Wildman–Crippen MR) is 84.8 cm³/mol. The molecule has 0 aliphatic heterocycles. The van der Waals surface area contributed by atoms with Crippen LogP contribution in [0.15, 0.2) is 54.7 Å². The first kappa shape index (κ1) is 12.9. The minimum absolute atomic E-state index is 0.579. The minimum Gasteiger partial charge on any atom is -0.343 e. The molecule has 0 amide bonds. The van der Waals surface area contributed by atoms with Crippen LogP contribution in [0.2, 0.25) is 0 Å². The van der Waals surface area contributed by atoms with Gasteiger partial charge >= 0.3 is 0 Å². The number of hydrogen-bond donors (Lipinski definition) is 1. The van der Waals surface area contributed by atoms with Crippen molar-refractivity contribution < 1.29 is 0 Å². The van der Waals surface area contributed by atoms with Crippen LogP contribution in [0.25, 0.3) is 10.9 Å². The lowest BCUT2D eigenvalue weighted by Crippen LogP contribution is -2.03. The standard InChI is InChI=1S/C18H20N2/c1-2-14-6-8-15(9-7-14)13-20-11-10-16-4-3-5-17(12-19)18(16)20/h3-11H,2,12-13,19H2,1H3. The summed E-state index contributed by atoms with van der Waals surface area (Å²) in [6, 6.07) is 17.4. The van der Waals surface area contributed by atoms with Crippen molar-refractivity contribution in [3.63, 3.8) is 0 Å². The molecule has 3 rings (SSSR count). The Morgan fingerprint density at radius 2 is 1.70 bits per heavy atom. The molecule has 2 aromatic carbocycles. The molecule has 0 spiro atoms. The van der Waals surface area contributed by atoms with Crippen molar-refractivity contribution in [1.82, 2.24) is 4.57 Å². The Kier molecular flexibility index (Phi) is 3.57. The van der Waals surface area contributed by atoms with Crippen molar-refractivity contribution >= 4 is 10.9 Å². The second-order valence-electron chi connectivity index (χ2n) is 5.17. The zero-order valence-electron chi connectivity index (χ0n) is 11.8. The lowest BCUT2D eigenvalue weighted by molar-refractivity contribution is 0.829. The second kappa shape index (κ2) is 5.51. The van der Waals surface area contributed by atoms with Gasteiger partial charge in [0.05, 0.1) is 5.52 Å². The van der Waals surface area contributed by atoms with Crippen LogP contribution in [0.4, 0.5) is 0 Å². The molecule has 20 heavy (non-hydrogen) atoms. The Balaban J connectivity index is 1.97. The molecule has 0 aliphatic rings. The van der Waals surface area contributed by atoms with Gasteiger partial charge in [0, 0.05) is 19.3 Å². The fourth-order valence-electron chi connectivity index (χ4n) is 2.71. The van der Waals surface area contributed by atoms with Gasteiger partial charge in [-0.2, -0.15) is 0 Å². The number of benzene rings is 2. The first-order valence-corrected chi connectivity index (χ1v) is 7.16. The molecule has 1 heterocycles. The molecule has 2 nitrogen and oxygen atoms in total. The maximum Gasteiger partial charge on any atom is 0.0528 e. The smallest absolute Gasteiger partial charge is 0.0528 e. The summed E-state index contributed by atoms with van der Waals surface area (Å²) >= 11 is 0. The number of hydrogen-bond acceptors (Lipinski definition) is 1. The van der Waals surface area contributed by atoms with E-state index in [4.69, 9.17) is 5.73 Å². The molecular formula is C18H20N2. The maximum absolute atomic E-state index is 5.86. The first-order chi connectivity index (χ1) is 9.81. The van der Waals surface area contributed by atoms with E-state index in [9.17, 15) is 0 Å². The van der Waals surface area contributed by atoms with Gasteiger partial charge in [0.15, 0.2) is 0 Å². The molecule has 3 aromatic rings. The molecule has 0 radical (unpaired) electrons. The summed E-state index contributed by atoms with van der Waals surface area (Å²) in [6.45, 7) is 3.66. The highest BCUT2D eigenvalue weighted by Crippen LogP contribution is 2.21. The third-order valence-corrected chi connectivity index (χ3v) is 3.88. The summed E-state index contributed by atoms with van der Waals surface area (Å²) in [5.41, 5.74) is 11.0. The van der Waals surface area contributed by atoms with E-state index in [0.717, 1.165) is 13.0 Å². The Morgan fingerprint density at radius 1 is 0.950 bits per heavy atom. The number of aromatic nitrogens is 1. The van der Waals surface area contributed by atoms with Crippen molar-refractivity contribution in [2.24, 2.45) is 5.73 Å². The Morgan fingerprint density at radius 3 is 2.40 bits per heavy atom. The average molecular weight is 264 g/mol. The Hall–Kier alpha value is -2.06. The molecule has 2 heteroatoms. The molecule has 0 fully saturated rings. The van der Waals surface area contributed by atoms with Crippen molar-refractivity contribution in [3.8, 4) is 0 Å². The Bertz CT molecular complexity index is 708. The zero-order chi connectivity index (χ0) is 13.9. The normalized spacial score (nSPS) is 11.1. The molecule has 1 aromatic heterocycles. The highest BCUT2D eigenvalue weighted by molar-refractivity contribution is 5.83. The zero-order valence-corrected chi connectivity index (χ0v) is 11.8. The monoisotopic (exact) mass is 264 g/mol. The molecule has 0 unspecified atom stereocenters. The number of para-hydroxylation sites is 1. The summed E-state index contributed by atoms with van der Waals surface area (Å²) < 4.78 is 2.29. The molecule has 2 N–H and O–H groups in total. The van der Waals surface area contributed by atoms with Crippen LogP contribution >= 0.6 is 0 Å². The third-order valence-electron chi connectivity index (χ3n) is 3.88. The van der Waals surface area contributed by atoms with Crippen LogP contribution in [0.3, 0.4) is 0 Å². The van der Waals surface area contributed by atoms with Crippen molar-refractivity contribution in [2.45, 2.75) is 26.4 Å². The van der Waals surface area contributed by atoms with Gasteiger partial charge in [-0.15, -0.1) is 0 Å². The number of nitrogens with zero attached hydrogens (tertiary/aromatic N) is 1. The van der Waals surface area contributed by atoms with E-state index in [2.05, 4.69) is 66.2 Å². The summed E-state index contributed by atoms with van der Waals surface area (Å²) in [6.07, 6.45) is 3.24. The molecular weight excluding hydrogens is 244 g/mol. The largest absolute Gasteiger partial charge is 0.343 e. The quantitative estimate of drug-likeness (QED) is 0.765. The van der Waals surface area contributed by atoms with Crippen LogP contribution < -0.4 is 5.73 Å². The second-order valence-corrected chi connectivity index (χ2v) is 5.17. The third kappa shape index (κ3) is 2.35. The fraction of sp³-hybridized carbons (Fsp3) is 0.222. The van der Waals surface area contributed by atoms with Gasteiger partial charge in [0.2, 0.25) is 0 Å². The first-order valence-electron chi connectivity index (χ1n) is 7.16. The van der Waals surface area contributed by atoms with Gasteiger partial charge in [0.1, 0.15) is 0 Å². The molecule has 0 aliphatic carbocycles. The molecule has 0 saturated heterocycles. The van der Waals surface area contributed by atoms with E-state index in [0.29, 0.717) is 6.54 Å². The van der Waals surface area contributed by atoms with Crippen molar-refractivity contribution in [3.05, 3.63) is 71.4 Å². The molecule has 0 saturated carbocycles. The maximum atomic E-state index is 5.86. The number of nitrogens with two attached hydrogens (primary N) is 1. The van der Waals surface area contributed by atoms with Crippen LogP contribution in [0.5, 0.6) is 0 Å². The predicted octanol–water partition coefficient (Wildman–Crippen LogP) is 3.71. The highest BCUT2D eigenvalue weighted by atomic mass is 15.0. The van der Waals surface area contributed by atoms with Gasteiger partial charge in [-0.3, -0.25) is 0 Å². The van der Waals surface area contributed by atoms with Gasteiger partial charge in [-0.1, -0.05) is 49.4 Å². The molecule has 0 atom stereocenters. The van der Waals surface area contributed by atoms with Crippen molar-refractivity contribution in [2.75, 3.05) is 0 Å². The van der Waals surface area contributed by atoms with E-state index in [1.54, 1.807) is 0 Å². The SMILES string of the molecule is CCc1ccc(Cn2ccc3cccc(CN)c32)cc1. The van der Waals surface area contributed by atoms with E-state index < -0.39 is 0 Å². The van der Waals surface area contributed by atoms with E-state index >= 15 is 0 Å². The average Bonchev–Trinajstić information content (AvgIpc) is 2.91. The van der Waals surface area contributed by atoms with Crippen LogP contribution in [0, 0.1) is 0 Å².